The molecular formula is C25H27N9O2S2. The minimum atomic E-state index is -0.201. The Bertz CT molecular complexity index is 1300. The number of nitrogens with one attached hydrogen (secondary N) is 2. The van der Waals surface area contributed by atoms with E-state index < -0.39 is 0 Å². The standard InChI is InChI=1S/C25H27N9O2S2/c1-14-5-7-18(27-12-14)10-20(35)29-24-33-31-22(37-24)15-3-2-4-16(9-15)23-32-34-25(38-23)30-21(36)11-19-8-6-17(26)13-28-19/h5-8,12-13,15-16H,2-4,9-11,26H2,1H3,(H,29,33,35)(H,30,34,36)/t15-,16-/m0/s1. The topological polar surface area (TPSA) is 162 Å². The molecule has 4 N–H and O–H groups in total. The van der Waals surface area contributed by atoms with Crippen LogP contribution in [0.25, 0.3) is 0 Å². The van der Waals surface area contributed by atoms with E-state index >= 15 is 0 Å². The second-order valence-corrected chi connectivity index (χ2v) is 11.3. The SMILES string of the molecule is Cc1ccc(CC(=O)Nc2nnc([C@H]3CCC[C@H](c4nnc(NC(=O)Cc5ccc(N)cn5)s4)C3)s2)nc1. The average molecular weight is 550 g/mol. The van der Waals surface area contributed by atoms with Crippen molar-refractivity contribution in [2.45, 2.75) is 57.3 Å². The number of amides is 2. The van der Waals surface area contributed by atoms with Crippen molar-refractivity contribution in [3.63, 3.8) is 0 Å². The summed E-state index contributed by atoms with van der Waals surface area (Å²) in [7, 11) is 0. The first-order valence-corrected chi connectivity index (χ1v) is 13.9. The van der Waals surface area contributed by atoms with Gasteiger partial charge in [0, 0.05) is 29.4 Å². The Morgan fingerprint density at radius 3 is 1.89 bits per heavy atom. The maximum atomic E-state index is 12.4. The van der Waals surface area contributed by atoms with Gasteiger partial charge in [0.05, 0.1) is 24.7 Å². The first-order valence-electron chi connectivity index (χ1n) is 12.3. The van der Waals surface area contributed by atoms with Gasteiger partial charge in [-0.3, -0.25) is 19.6 Å². The van der Waals surface area contributed by atoms with E-state index in [1.54, 1.807) is 18.3 Å². The van der Waals surface area contributed by atoms with Crippen molar-refractivity contribution in [2.24, 2.45) is 0 Å². The molecule has 4 aromatic rings. The van der Waals surface area contributed by atoms with E-state index in [1.165, 1.54) is 28.9 Å². The van der Waals surface area contributed by atoms with Crippen molar-refractivity contribution >= 4 is 50.4 Å². The van der Waals surface area contributed by atoms with Crippen molar-refractivity contribution in [3.05, 3.63) is 63.6 Å². The lowest BCUT2D eigenvalue weighted by atomic mass is 9.82. The molecule has 4 aromatic heterocycles. The predicted octanol–water partition coefficient (Wildman–Crippen LogP) is 3.87. The van der Waals surface area contributed by atoms with Crippen LogP contribution in [0.1, 0.15) is 64.5 Å². The number of carbonyl (C=O) groups excluding carboxylic acids is 2. The van der Waals surface area contributed by atoms with Crippen LogP contribution in [0.3, 0.4) is 0 Å². The predicted molar refractivity (Wildman–Crippen MR) is 146 cm³/mol. The number of hydrogen-bond acceptors (Lipinski definition) is 11. The zero-order valence-electron chi connectivity index (χ0n) is 20.8. The number of nitrogens with two attached hydrogens (primary N) is 1. The first-order chi connectivity index (χ1) is 18.4. The molecule has 2 atom stereocenters. The molecule has 0 saturated heterocycles. The molecule has 13 heteroatoms. The van der Waals surface area contributed by atoms with E-state index in [1.807, 2.05) is 19.1 Å². The molecule has 0 aromatic carbocycles. The molecular weight excluding hydrogens is 522 g/mol. The zero-order chi connectivity index (χ0) is 26.5. The Labute approximate surface area is 227 Å². The van der Waals surface area contributed by atoms with E-state index in [-0.39, 0.29) is 36.5 Å². The summed E-state index contributed by atoms with van der Waals surface area (Å²) in [5.41, 5.74) is 8.60. The van der Waals surface area contributed by atoms with Gasteiger partial charge in [0.15, 0.2) is 0 Å². The lowest BCUT2D eigenvalue weighted by Gasteiger charge is -2.25. The number of anilines is 3. The Hall–Kier alpha value is -3.84. The highest BCUT2D eigenvalue weighted by Crippen LogP contribution is 2.43. The molecule has 38 heavy (non-hydrogen) atoms. The van der Waals surface area contributed by atoms with Crippen molar-refractivity contribution in [3.8, 4) is 0 Å². The van der Waals surface area contributed by atoms with Crippen LogP contribution in [-0.2, 0) is 22.4 Å². The Morgan fingerprint density at radius 2 is 1.39 bits per heavy atom. The molecule has 196 valence electrons. The minimum Gasteiger partial charge on any atom is -0.397 e. The fraction of sp³-hybridized carbons (Fsp3) is 0.360. The zero-order valence-corrected chi connectivity index (χ0v) is 22.4. The van der Waals surface area contributed by atoms with E-state index in [9.17, 15) is 9.59 Å². The molecule has 5 rings (SSSR count). The minimum absolute atomic E-state index is 0.137. The third-order valence-corrected chi connectivity index (χ3v) is 8.25. The van der Waals surface area contributed by atoms with Gasteiger partial charge in [-0.25, -0.2) is 0 Å². The number of nitrogens with zero attached hydrogens (tertiary/aromatic N) is 6. The van der Waals surface area contributed by atoms with Crippen LogP contribution in [0.2, 0.25) is 0 Å². The van der Waals surface area contributed by atoms with Crippen LogP contribution < -0.4 is 16.4 Å². The molecule has 1 saturated carbocycles. The number of hydrogen-bond donors (Lipinski definition) is 3. The van der Waals surface area contributed by atoms with Crippen LogP contribution in [0, 0.1) is 6.92 Å². The van der Waals surface area contributed by atoms with Gasteiger partial charge in [0.25, 0.3) is 0 Å². The molecule has 2 amide bonds. The van der Waals surface area contributed by atoms with Gasteiger partial charge in [0.2, 0.25) is 22.1 Å². The molecule has 1 aliphatic rings. The van der Waals surface area contributed by atoms with Crippen molar-refractivity contribution < 1.29 is 9.59 Å². The van der Waals surface area contributed by atoms with Crippen LogP contribution in [0.15, 0.2) is 36.7 Å². The molecule has 0 spiro atoms. The summed E-state index contributed by atoms with van der Waals surface area (Å²) >= 11 is 2.82. The van der Waals surface area contributed by atoms with E-state index in [0.717, 1.165) is 41.3 Å². The third kappa shape index (κ3) is 6.72. The Kier molecular flexibility index (Phi) is 7.94. The summed E-state index contributed by atoms with van der Waals surface area (Å²) in [6.45, 7) is 1.96. The second-order valence-electron chi connectivity index (χ2n) is 9.31. The van der Waals surface area contributed by atoms with Gasteiger partial charge >= 0.3 is 0 Å². The van der Waals surface area contributed by atoms with E-state index in [2.05, 4.69) is 41.0 Å². The average Bonchev–Trinajstić information content (AvgIpc) is 3.57. The number of nitrogen functional groups attached to an aromatic ring is 1. The lowest BCUT2D eigenvalue weighted by molar-refractivity contribution is -0.116. The van der Waals surface area contributed by atoms with Gasteiger partial charge < -0.3 is 16.4 Å². The highest BCUT2D eigenvalue weighted by molar-refractivity contribution is 7.15. The Balaban J connectivity index is 1.14. The summed E-state index contributed by atoms with van der Waals surface area (Å²) < 4.78 is 0. The summed E-state index contributed by atoms with van der Waals surface area (Å²) in [6.07, 6.45) is 7.50. The summed E-state index contributed by atoms with van der Waals surface area (Å²) in [4.78, 5) is 33.3. The highest BCUT2D eigenvalue weighted by atomic mass is 32.1. The fourth-order valence-electron chi connectivity index (χ4n) is 4.34. The Morgan fingerprint density at radius 1 is 0.842 bits per heavy atom. The van der Waals surface area contributed by atoms with Gasteiger partial charge in [-0.05, 0) is 49.9 Å². The van der Waals surface area contributed by atoms with Crippen LogP contribution >= 0.6 is 22.7 Å². The third-order valence-electron chi connectivity index (χ3n) is 6.25. The monoisotopic (exact) mass is 549 g/mol. The van der Waals surface area contributed by atoms with Crippen molar-refractivity contribution in [1.82, 2.24) is 30.4 Å². The number of carbonyl (C=O) groups is 2. The van der Waals surface area contributed by atoms with Gasteiger partial charge in [-0.15, -0.1) is 20.4 Å². The normalized spacial score (nSPS) is 17.2. The van der Waals surface area contributed by atoms with Crippen molar-refractivity contribution in [2.75, 3.05) is 16.4 Å². The number of rotatable bonds is 8. The van der Waals surface area contributed by atoms with Crippen LogP contribution in [0.4, 0.5) is 16.0 Å². The first kappa shape index (κ1) is 25.8. The molecule has 1 fully saturated rings. The maximum Gasteiger partial charge on any atom is 0.232 e. The van der Waals surface area contributed by atoms with E-state index in [4.69, 9.17) is 5.73 Å². The van der Waals surface area contributed by atoms with E-state index in [0.29, 0.717) is 27.3 Å². The maximum absolute atomic E-state index is 12.4. The summed E-state index contributed by atoms with van der Waals surface area (Å²) in [5.74, 6) is 0.0914. The highest BCUT2D eigenvalue weighted by Gasteiger charge is 2.29. The van der Waals surface area contributed by atoms with Gasteiger partial charge in [0.1, 0.15) is 10.0 Å². The van der Waals surface area contributed by atoms with Crippen LogP contribution in [0.5, 0.6) is 0 Å². The molecule has 0 aliphatic heterocycles. The molecule has 0 bridgehead atoms. The number of aryl methyl sites for hydroxylation is 1. The number of aromatic nitrogens is 6. The molecule has 4 heterocycles. The van der Waals surface area contributed by atoms with Gasteiger partial charge in [-0.2, -0.15) is 0 Å². The fourth-order valence-corrected chi connectivity index (χ4v) is 6.15. The largest absolute Gasteiger partial charge is 0.397 e. The van der Waals surface area contributed by atoms with Crippen molar-refractivity contribution in [1.29, 1.82) is 0 Å². The summed E-state index contributed by atoms with van der Waals surface area (Å²) in [6, 6.07) is 7.24. The molecule has 11 nitrogen and oxygen atoms in total. The van der Waals surface area contributed by atoms with Gasteiger partial charge in [-0.1, -0.05) is 35.2 Å². The summed E-state index contributed by atoms with van der Waals surface area (Å²) in [5, 5.41) is 25.5. The molecule has 0 radical (unpaired) electrons. The van der Waals surface area contributed by atoms with Crippen LogP contribution in [-0.4, -0.2) is 42.2 Å². The number of pyridine rings is 2. The molecule has 1 aliphatic carbocycles. The molecule has 0 unspecified atom stereocenters. The smallest absolute Gasteiger partial charge is 0.232 e. The lowest BCUT2D eigenvalue weighted by Crippen LogP contribution is -2.15. The second kappa shape index (κ2) is 11.7. The quantitative estimate of drug-likeness (QED) is 0.296.